The monoisotopic (exact) mass is 508 g/mol. The van der Waals surface area contributed by atoms with Gasteiger partial charge in [-0.05, 0) is 43.3 Å². The van der Waals surface area contributed by atoms with Crippen LogP contribution in [0.4, 0.5) is 13.2 Å². The fourth-order valence-electron chi connectivity index (χ4n) is 3.40. The lowest BCUT2D eigenvalue weighted by atomic mass is 10.2. The van der Waals surface area contributed by atoms with Crippen molar-refractivity contribution >= 4 is 11.6 Å². The Kier molecular flexibility index (Phi) is 6.79. The van der Waals surface area contributed by atoms with Gasteiger partial charge in [0.25, 0.3) is 0 Å². The van der Waals surface area contributed by atoms with E-state index in [2.05, 4.69) is 15.2 Å². The van der Waals surface area contributed by atoms with Gasteiger partial charge in [-0.2, -0.15) is 13.2 Å². The first-order valence-electron chi connectivity index (χ1n) is 10.4. The third-order valence-electron chi connectivity index (χ3n) is 5.10. The van der Waals surface area contributed by atoms with Gasteiger partial charge in [-0.1, -0.05) is 29.8 Å². The number of alkyl halides is 3. The lowest BCUT2D eigenvalue weighted by Gasteiger charge is -2.15. The predicted molar refractivity (Wildman–Crippen MR) is 120 cm³/mol. The lowest BCUT2D eigenvalue weighted by molar-refractivity contribution is -0.207. The molecule has 2 aromatic heterocycles. The van der Waals surface area contributed by atoms with Crippen molar-refractivity contribution < 1.29 is 23.4 Å². The highest BCUT2D eigenvalue weighted by Crippen LogP contribution is 2.24. The van der Waals surface area contributed by atoms with Crippen molar-refractivity contribution in [2.24, 2.45) is 0 Å². The van der Waals surface area contributed by atoms with Gasteiger partial charge in [-0.25, -0.2) is 19.1 Å². The second-order valence-electron chi connectivity index (χ2n) is 7.75. The molecule has 4 rings (SSSR count). The second-order valence-corrected chi connectivity index (χ2v) is 8.18. The molecule has 2 atom stereocenters. The number of hydrogen-bond acceptors (Lipinski definition) is 6. The first kappa shape index (κ1) is 24.6. The van der Waals surface area contributed by atoms with Gasteiger partial charge in [0.15, 0.2) is 23.6 Å². The summed E-state index contributed by atoms with van der Waals surface area (Å²) in [5.41, 5.74) is 0.0511. The van der Waals surface area contributed by atoms with Gasteiger partial charge in [0.2, 0.25) is 0 Å². The maximum absolute atomic E-state index is 13.0. The van der Waals surface area contributed by atoms with Crippen LogP contribution in [0.15, 0.2) is 59.4 Å². The van der Waals surface area contributed by atoms with Crippen LogP contribution in [0.25, 0.3) is 17.1 Å². The Labute approximate surface area is 201 Å². The van der Waals surface area contributed by atoms with Crippen LogP contribution in [-0.2, 0) is 13.1 Å². The zero-order chi connectivity index (χ0) is 25.3. The Morgan fingerprint density at radius 1 is 1.03 bits per heavy atom. The summed E-state index contributed by atoms with van der Waals surface area (Å²) in [6.07, 6.45) is -8.69. The molecule has 0 fully saturated rings. The molecule has 2 heterocycles. The molecule has 2 N–H and O–H groups in total. The second kappa shape index (κ2) is 9.64. The molecular weight excluding hydrogens is 489 g/mol. The van der Waals surface area contributed by atoms with Crippen molar-refractivity contribution in [3.8, 4) is 17.1 Å². The van der Waals surface area contributed by atoms with Crippen LogP contribution in [0.3, 0.4) is 0 Å². The maximum Gasteiger partial charge on any atom is 0.416 e. The van der Waals surface area contributed by atoms with E-state index in [0.717, 1.165) is 9.25 Å². The van der Waals surface area contributed by atoms with E-state index in [0.29, 0.717) is 16.3 Å². The van der Waals surface area contributed by atoms with E-state index in [9.17, 15) is 28.2 Å². The molecule has 4 aromatic rings. The van der Waals surface area contributed by atoms with E-state index in [-0.39, 0.29) is 24.0 Å². The molecule has 0 aliphatic rings. The number of benzene rings is 2. The molecule has 0 amide bonds. The summed E-state index contributed by atoms with van der Waals surface area (Å²) in [7, 11) is 0. The number of aliphatic hydroxyl groups is 2. The summed E-state index contributed by atoms with van der Waals surface area (Å²) in [5.74, 6) is 0.229. The van der Waals surface area contributed by atoms with Crippen molar-refractivity contribution in [3.63, 3.8) is 0 Å². The quantitative estimate of drug-likeness (QED) is 0.397. The molecule has 0 aliphatic carbocycles. The maximum atomic E-state index is 13.0. The molecule has 0 aliphatic heterocycles. The molecule has 2 aromatic carbocycles. The van der Waals surface area contributed by atoms with Crippen molar-refractivity contribution in [1.82, 2.24) is 29.1 Å². The third-order valence-corrected chi connectivity index (χ3v) is 5.35. The topological polar surface area (TPSA) is 111 Å². The average Bonchev–Trinajstić information content (AvgIpc) is 3.37. The van der Waals surface area contributed by atoms with Crippen LogP contribution in [0.5, 0.6) is 0 Å². The molecule has 184 valence electrons. The number of para-hydroxylation sites is 1. The van der Waals surface area contributed by atoms with E-state index in [1.165, 1.54) is 35.9 Å². The fourth-order valence-corrected chi connectivity index (χ4v) is 3.52. The highest BCUT2D eigenvalue weighted by molar-refractivity contribution is 6.30. The summed E-state index contributed by atoms with van der Waals surface area (Å²) >= 11 is 5.90. The fraction of sp³-hybridized carbons (Fsp3) is 0.273. The Morgan fingerprint density at radius 2 is 1.69 bits per heavy atom. The number of hydrogen-bond donors (Lipinski definition) is 2. The first-order chi connectivity index (χ1) is 16.5. The minimum Gasteiger partial charge on any atom is -0.385 e. The van der Waals surface area contributed by atoms with Gasteiger partial charge < -0.3 is 10.2 Å². The molecule has 9 nitrogen and oxygen atoms in total. The van der Waals surface area contributed by atoms with Crippen molar-refractivity contribution in [2.45, 2.75) is 38.4 Å². The van der Waals surface area contributed by atoms with Gasteiger partial charge in [0.05, 0.1) is 12.2 Å². The SMILES string of the molecule is C[C@H](O)c1nc(Cn2nc(-c3ccc(Cl)cc3)n(C[C@H](O)C(F)(F)F)c2=O)nn1-c1ccccc1. The zero-order valence-electron chi connectivity index (χ0n) is 18.3. The van der Waals surface area contributed by atoms with E-state index in [1.807, 2.05) is 6.07 Å². The standard InChI is InChI=1S/C22H20ClF3N6O3/c1-13(33)19-27-18(28-32(19)16-5-3-2-4-6-16)12-31-21(35)30(11-17(34)22(24,25)26)20(29-31)14-7-9-15(23)10-8-14/h2-10,13,17,33-34H,11-12H2,1H3/t13-,17-/m0/s1. The van der Waals surface area contributed by atoms with Crippen LogP contribution >= 0.6 is 11.6 Å². The molecule has 0 radical (unpaired) electrons. The minimum atomic E-state index is -4.93. The number of halogens is 4. The lowest BCUT2D eigenvalue weighted by Crippen LogP contribution is -2.37. The summed E-state index contributed by atoms with van der Waals surface area (Å²) in [4.78, 5) is 17.3. The van der Waals surface area contributed by atoms with E-state index < -0.39 is 30.6 Å². The van der Waals surface area contributed by atoms with Crippen molar-refractivity contribution in [2.75, 3.05) is 0 Å². The van der Waals surface area contributed by atoms with E-state index >= 15 is 0 Å². The number of rotatable bonds is 7. The molecule has 35 heavy (non-hydrogen) atoms. The van der Waals surface area contributed by atoms with Gasteiger partial charge in [-0.15, -0.1) is 10.2 Å². The highest BCUT2D eigenvalue weighted by Gasteiger charge is 2.39. The summed E-state index contributed by atoms with van der Waals surface area (Å²) in [6, 6.07) is 14.9. The molecule has 0 spiro atoms. The molecule has 13 heteroatoms. The van der Waals surface area contributed by atoms with Crippen molar-refractivity contribution in [3.05, 3.63) is 81.8 Å². The van der Waals surface area contributed by atoms with Crippen LogP contribution in [-0.4, -0.2) is 51.6 Å². The predicted octanol–water partition coefficient (Wildman–Crippen LogP) is 2.97. The smallest absolute Gasteiger partial charge is 0.385 e. The number of nitrogens with zero attached hydrogens (tertiary/aromatic N) is 6. The van der Waals surface area contributed by atoms with E-state index in [1.54, 1.807) is 24.3 Å². The number of aromatic nitrogens is 6. The van der Waals surface area contributed by atoms with Crippen molar-refractivity contribution in [1.29, 1.82) is 0 Å². The van der Waals surface area contributed by atoms with Gasteiger partial charge in [0, 0.05) is 10.6 Å². The molecular formula is C22H20ClF3N6O3. The van der Waals surface area contributed by atoms with Crippen LogP contribution < -0.4 is 5.69 Å². The Balaban J connectivity index is 1.76. The van der Waals surface area contributed by atoms with Gasteiger partial charge in [-0.3, -0.25) is 4.57 Å². The highest BCUT2D eigenvalue weighted by atomic mass is 35.5. The first-order valence-corrected chi connectivity index (χ1v) is 10.8. The third kappa shape index (κ3) is 5.29. The minimum absolute atomic E-state index is 0.0896. The summed E-state index contributed by atoms with van der Waals surface area (Å²) in [6.45, 7) is 0.171. The molecule has 0 saturated carbocycles. The van der Waals surface area contributed by atoms with Crippen LogP contribution in [0.2, 0.25) is 5.02 Å². The number of aliphatic hydroxyl groups excluding tert-OH is 2. The summed E-state index contributed by atoms with van der Waals surface area (Å²) in [5, 5.41) is 28.7. The molecule has 0 unspecified atom stereocenters. The molecule has 0 bridgehead atoms. The van der Waals surface area contributed by atoms with Crippen LogP contribution in [0.1, 0.15) is 24.7 Å². The molecule has 0 saturated heterocycles. The van der Waals surface area contributed by atoms with E-state index in [4.69, 9.17) is 11.6 Å². The zero-order valence-corrected chi connectivity index (χ0v) is 19.0. The Morgan fingerprint density at radius 3 is 2.29 bits per heavy atom. The normalized spacial score (nSPS) is 13.7. The largest absolute Gasteiger partial charge is 0.416 e. The average molecular weight is 509 g/mol. The van der Waals surface area contributed by atoms with Gasteiger partial charge in [0.1, 0.15) is 12.6 Å². The summed E-state index contributed by atoms with van der Waals surface area (Å²) < 4.78 is 42.2. The Hall–Kier alpha value is -3.48. The van der Waals surface area contributed by atoms with Gasteiger partial charge >= 0.3 is 11.9 Å². The van der Waals surface area contributed by atoms with Crippen LogP contribution in [0, 0.1) is 0 Å². The Bertz CT molecular complexity index is 1360.